The predicted octanol–water partition coefficient (Wildman–Crippen LogP) is 3.84. The molecule has 0 unspecified atom stereocenters. The summed E-state index contributed by atoms with van der Waals surface area (Å²) in [4.78, 5) is 10.8. The largest absolute Gasteiger partial charge is 0.478 e. The van der Waals surface area contributed by atoms with Crippen LogP contribution in [0.3, 0.4) is 0 Å². The van der Waals surface area contributed by atoms with Gasteiger partial charge in [-0.15, -0.1) is 0 Å². The van der Waals surface area contributed by atoms with Gasteiger partial charge in [-0.1, -0.05) is 17.7 Å². The van der Waals surface area contributed by atoms with Gasteiger partial charge in [-0.3, -0.25) is 0 Å². The van der Waals surface area contributed by atoms with Crippen LogP contribution in [0.1, 0.15) is 15.9 Å². The summed E-state index contributed by atoms with van der Waals surface area (Å²) < 4.78 is 19.0. The van der Waals surface area contributed by atoms with Crippen molar-refractivity contribution in [1.82, 2.24) is 0 Å². The van der Waals surface area contributed by atoms with Crippen molar-refractivity contribution >= 4 is 17.6 Å². The zero-order chi connectivity index (χ0) is 14.7. The number of nitrogens with zero attached hydrogens (tertiary/aromatic N) is 1. The molecule has 0 spiro atoms. The Labute approximate surface area is 118 Å². The van der Waals surface area contributed by atoms with Gasteiger partial charge in [0.25, 0.3) is 0 Å². The van der Waals surface area contributed by atoms with Crippen LogP contribution in [0.5, 0.6) is 11.5 Å². The normalized spacial score (nSPS) is 9.85. The Balaban J connectivity index is 2.42. The molecule has 6 heteroatoms. The highest BCUT2D eigenvalue weighted by Gasteiger charge is 2.13. The number of aromatic carboxylic acids is 1. The van der Waals surface area contributed by atoms with E-state index in [9.17, 15) is 9.18 Å². The van der Waals surface area contributed by atoms with Crippen LogP contribution in [0, 0.1) is 17.1 Å². The maximum Gasteiger partial charge on any atom is 0.335 e. The molecule has 2 rings (SSSR count). The molecule has 0 radical (unpaired) electrons. The van der Waals surface area contributed by atoms with Crippen molar-refractivity contribution in [2.24, 2.45) is 0 Å². The van der Waals surface area contributed by atoms with Crippen molar-refractivity contribution in [2.75, 3.05) is 0 Å². The number of carboxylic acids is 1. The second kappa shape index (κ2) is 5.59. The van der Waals surface area contributed by atoms with Crippen LogP contribution in [0.4, 0.5) is 4.39 Å². The van der Waals surface area contributed by atoms with E-state index >= 15 is 0 Å². The highest BCUT2D eigenvalue weighted by molar-refractivity contribution is 6.30. The topological polar surface area (TPSA) is 70.3 Å². The SMILES string of the molecule is N#Cc1cc(C(=O)O)ccc1Oc1cccc(Cl)c1F. The van der Waals surface area contributed by atoms with Gasteiger partial charge in [0.15, 0.2) is 11.6 Å². The van der Waals surface area contributed by atoms with E-state index in [1.807, 2.05) is 0 Å². The molecule has 0 saturated carbocycles. The molecule has 100 valence electrons. The first kappa shape index (κ1) is 13.8. The first-order chi connectivity index (χ1) is 9.52. The van der Waals surface area contributed by atoms with Crippen molar-refractivity contribution in [1.29, 1.82) is 5.26 Å². The van der Waals surface area contributed by atoms with E-state index in [1.165, 1.54) is 30.3 Å². The van der Waals surface area contributed by atoms with Gasteiger partial charge >= 0.3 is 5.97 Å². The number of carboxylic acid groups (broad SMARTS) is 1. The van der Waals surface area contributed by atoms with Gasteiger partial charge in [-0.2, -0.15) is 5.26 Å². The fourth-order valence-electron chi connectivity index (χ4n) is 1.52. The molecule has 0 heterocycles. The molecule has 2 aromatic rings. The number of hydrogen-bond acceptors (Lipinski definition) is 3. The van der Waals surface area contributed by atoms with Crippen LogP contribution in [0.25, 0.3) is 0 Å². The van der Waals surface area contributed by atoms with E-state index in [0.29, 0.717) is 0 Å². The summed E-state index contributed by atoms with van der Waals surface area (Å²) in [5, 5.41) is 17.7. The van der Waals surface area contributed by atoms with E-state index in [2.05, 4.69) is 0 Å². The lowest BCUT2D eigenvalue weighted by molar-refractivity contribution is 0.0697. The zero-order valence-corrected chi connectivity index (χ0v) is 10.7. The Morgan fingerprint density at radius 3 is 2.70 bits per heavy atom. The van der Waals surface area contributed by atoms with Crippen LogP contribution in [-0.2, 0) is 0 Å². The first-order valence-corrected chi connectivity index (χ1v) is 5.80. The highest BCUT2D eigenvalue weighted by Crippen LogP contribution is 2.30. The van der Waals surface area contributed by atoms with Gasteiger partial charge in [-0.05, 0) is 30.3 Å². The smallest absolute Gasteiger partial charge is 0.335 e. The van der Waals surface area contributed by atoms with Gasteiger partial charge < -0.3 is 9.84 Å². The molecule has 20 heavy (non-hydrogen) atoms. The monoisotopic (exact) mass is 291 g/mol. The Morgan fingerprint density at radius 1 is 1.30 bits per heavy atom. The molecule has 0 fully saturated rings. The third kappa shape index (κ3) is 2.71. The molecular weight excluding hydrogens is 285 g/mol. The van der Waals surface area contributed by atoms with E-state index in [4.69, 9.17) is 26.7 Å². The van der Waals surface area contributed by atoms with E-state index < -0.39 is 11.8 Å². The number of nitriles is 1. The van der Waals surface area contributed by atoms with Crippen molar-refractivity contribution in [2.45, 2.75) is 0 Å². The van der Waals surface area contributed by atoms with E-state index in [0.717, 1.165) is 6.07 Å². The highest BCUT2D eigenvalue weighted by atomic mass is 35.5. The summed E-state index contributed by atoms with van der Waals surface area (Å²) in [6.45, 7) is 0. The van der Waals surface area contributed by atoms with E-state index in [-0.39, 0.29) is 27.6 Å². The minimum Gasteiger partial charge on any atom is -0.478 e. The minimum absolute atomic E-state index is 0.00993. The quantitative estimate of drug-likeness (QED) is 0.932. The summed E-state index contributed by atoms with van der Waals surface area (Å²) in [6, 6.07) is 9.73. The summed E-state index contributed by atoms with van der Waals surface area (Å²) in [6.07, 6.45) is 0. The molecule has 0 aliphatic heterocycles. The number of rotatable bonds is 3. The van der Waals surface area contributed by atoms with Crippen LogP contribution < -0.4 is 4.74 Å². The molecule has 0 atom stereocenters. The third-order valence-electron chi connectivity index (χ3n) is 2.48. The van der Waals surface area contributed by atoms with Crippen LogP contribution in [0.2, 0.25) is 5.02 Å². The third-order valence-corrected chi connectivity index (χ3v) is 2.77. The first-order valence-electron chi connectivity index (χ1n) is 5.42. The van der Waals surface area contributed by atoms with Gasteiger partial charge in [0.1, 0.15) is 11.8 Å². The molecule has 0 aliphatic rings. The Bertz CT molecular complexity index is 725. The average molecular weight is 292 g/mol. The molecule has 0 saturated heterocycles. The molecule has 0 aromatic heterocycles. The second-order valence-corrected chi connectivity index (χ2v) is 4.19. The number of carbonyl (C=O) groups is 1. The predicted molar refractivity (Wildman–Crippen MR) is 69.6 cm³/mol. The maximum atomic E-state index is 13.7. The Kier molecular flexibility index (Phi) is 3.87. The molecule has 4 nitrogen and oxygen atoms in total. The second-order valence-electron chi connectivity index (χ2n) is 3.78. The fourth-order valence-corrected chi connectivity index (χ4v) is 1.69. The van der Waals surface area contributed by atoms with Crippen molar-refractivity contribution in [3.8, 4) is 17.6 Å². The molecule has 0 aliphatic carbocycles. The average Bonchev–Trinajstić information content (AvgIpc) is 2.44. The minimum atomic E-state index is -1.16. The number of benzene rings is 2. The Morgan fingerprint density at radius 2 is 2.05 bits per heavy atom. The zero-order valence-electron chi connectivity index (χ0n) is 9.93. The standard InChI is InChI=1S/C14H7ClFNO3/c15-10-2-1-3-12(13(10)16)20-11-5-4-8(14(18)19)6-9(11)7-17/h1-6H,(H,18,19). The molecular formula is C14H7ClFNO3. The van der Waals surface area contributed by atoms with Crippen molar-refractivity contribution < 1.29 is 19.0 Å². The van der Waals surface area contributed by atoms with Gasteiger partial charge in [-0.25, -0.2) is 9.18 Å². The van der Waals surface area contributed by atoms with Crippen LogP contribution >= 0.6 is 11.6 Å². The summed E-state index contributed by atoms with van der Waals surface area (Å²) >= 11 is 5.62. The molecule has 2 aromatic carbocycles. The lowest BCUT2D eigenvalue weighted by Crippen LogP contribution is -1.98. The van der Waals surface area contributed by atoms with E-state index in [1.54, 1.807) is 6.07 Å². The van der Waals surface area contributed by atoms with Gasteiger partial charge in [0, 0.05) is 0 Å². The summed E-state index contributed by atoms with van der Waals surface area (Å²) in [5.74, 6) is -2.00. The van der Waals surface area contributed by atoms with Gasteiger partial charge in [0.05, 0.1) is 16.1 Å². The summed E-state index contributed by atoms with van der Waals surface area (Å²) in [7, 11) is 0. The Hall–Kier alpha value is -2.58. The van der Waals surface area contributed by atoms with Crippen molar-refractivity contribution in [3.05, 3.63) is 58.4 Å². The molecule has 1 N–H and O–H groups in total. The fraction of sp³-hybridized carbons (Fsp3) is 0. The lowest BCUT2D eigenvalue weighted by Gasteiger charge is -2.09. The lowest BCUT2D eigenvalue weighted by atomic mass is 10.1. The molecule has 0 amide bonds. The maximum absolute atomic E-state index is 13.7. The van der Waals surface area contributed by atoms with Crippen molar-refractivity contribution in [3.63, 3.8) is 0 Å². The molecule has 0 bridgehead atoms. The van der Waals surface area contributed by atoms with Gasteiger partial charge in [0.2, 0.25) is 0 Å². The summed E-state index contributed by atoms with van der Waals surface area (Å²) in [5.41, 5.74) is -0.0651. The number of ether oxygens (including phenoxy) is 1. The number of halogens is 2. The van der Waals surface area contributed by atoms with Crippen LogP contribution in [0.15, 0.2) is 36.4 Å². The van der Waals surface area contributed by atoms with Crippen LogP contribution in [-0.4, -0.2) is 11.1 Å². The number of hydrogen-bond donors (Lipinski definition) is 1.